The van der Waals surface area contributed by atoms with Crippen LogP contribution in [0.4, 0.5) is 0 Å². The average molecular weight is 443 g/mol. The highest BCUT2D eigenvalue weighted by Crippen LogP contribution is 2.30. The Hall–Kier alpha value is -3.25. The zero-order chi connectivity index (χ0) is 22.5. The molecule has 0 aliphatic carbocycles. The first-order valence-electron chi connectivity index (χ1n) is 10.8. The minimum atomic E-state index is 0.0856. The molecule has 2 aromatic carbocycles. The molecule has 0 radical (unpaired) electrons. The van der Waals surface area contributed by atoms with Gasteiger partial charge in [0.15, 0.2) is 5.78 Å². The fourth-order valence-electron chi connectivity index (χ4n) is 3.82. The maximum atomic E-state index is 12.9. The predicted octanol–water partition coefficient (Wildman–Crippen LogP) is 6.01. The van der Waals surface area contributed by atoms with Gasteiger partial charge in [0.1, 0.15) is 11.4 Å². The molecule has 0 saturated carbocycles. The van der Waals surface area contributed by atoms with E-state index in [1.165, 1.54) is 11.8 Å². The number of hydrogen-bond donors (Lipinski definition) is 0. The Bertz CT molecular complexity index is 1220. The number of Topliss-reactive ketones (excluding diaryl/α,β-unsaturated/α-hetero) is 1. The van der Waals surface area contributed by atoms with Gasteiger partial charge < -0.3 is 4.57 Å². The van der Waals surface area contributed by atoms with Gasteiger partial charge in [-0.1, -0.05) is 79.3 Å². The monoisotopic (exact) mass is 442 g/mol. The lowest BCUT2D eigenvalue weighted by Crippen LogP contribution is -2.07. The van der Waals surface area contributed by atoms with Crippen LogP contribution in [0.1, 0.15) is 35.1 Å². The number of nitrogens with zero attached hydrogens (tertiary/aromatic N) is 4. The topological polar surface area (TPSA) is 60.7 Å². The number of thioether (sulfide) groups is 1. The molecule has 2 heterocycles. The molecule has 0 aliphatic heterocycles. The molecular formula is C26H26N4OS. The van der Waals surface area contributed by atoms with E-state index in [0.29, 0.717) is 5.16 Å². The summed E-state index contributed by atoms with van der Waals surface area (Å²) in [7, 11) is 0. The minimum Gasteiger partial charge on any atom is -0.348 e. The van der Waals surface area contributed by atoms with Crippen molar-refractivity contribution in [3.8, 4) is 22.5 Å². The number of hydrogen-bond acceptors (Lipinski definition) is 5. The molecule has 0 N–H and O–H groups in total. The number of carbonyl (C=O) groups is 1. The Labute approximate surface area is 192 Å². The van der Waals surface area contributed by atoms with Crippen LogP contribution in [0, 0.1) is 13.8 Å². The van der Waals surface area contributed by atoms with Crippen LogP contribution in [0.25, 0.3) is 22.5 Å². The summed E-state index contributed by atoms with van der Waals surface area (Å²) in [5.41, 5.74) is 6.35. The number of aromatic nitrogens is 4. The van der Waals surface area contributed by atoms with Crippen LogP contribution in [0.3, 0.4) is 0 Å². The average Bonchev–Trinajstić information content (AvgIpc) is 3.12. The Morgan fingerprint density at radius 2 is 1.53 bits per heavy atom. The van der Waals surface area contributed by atoms with Crippen LogP contribution >= 0.6 is 11.8 Å². The number of aryl methyl sites for hydroxylation is 1. The zero-order valence-corrected chi connectivity index (χ0v) is 19.4. The summed E-state index contributed by atoms with van der Waals surface area (Å²) in [6.07, 6.45) is 1.04. The number of ketones is 1. The Kier molecular flexibility index (Phi) is 6.81. The number of rotatable bonds is 8. The molecule has 6 heteroatoms. The first-order chi connectivity index (χ1) is 15.6. The second kappa shape index (κ2) is 9.92. The van der Waals surface area contributed by atoms with Gasteiger partial charge in [-0.15, -0.1) is 10.2 Å². The van der Waals surface area contributed by atoms with Crippen LogP contribution in [0.5, 0.6) is 0 Å². The molecule has 0 saturated heterocycles. The maximum Gasteiger partial charge on any atom is 0.210 e. The van der Waals surface area contributed by atoms with Gasteiger partial charge in [-0.25, -0.2) is 4.98 Å². The van der Waals surface area contributed by atoms with Crippen LogP contribution in [0.15, 0.2) is 71.9 Å². The Morgan fingerprint density at radius 1 is 0.906 bits per heavy atom. The van der Waals surface area contributed by atoms with E-state index in [1.54, 1.807) is 0 Å². The molecule has 32 heavy (non-hydrogen) atoms. The van der Waals surface area contributed by atoms with Crippen molar-refractivity contribution in [2.24, 2.45) is 0 Å². The third kappa shape index (κ3) is 4.65. The molecule has 0 spiro atoms. The zero-order valence-electron chi connectivity index (χ0n) is 18.6. The van der Waals surface area contributed by atoms with Crippen LogP contribution < -0.4 is 0 Å². The fraction of sp³-hybridized carbons (Fsp3) is 0.231. The Morgan fingerprint density at radius 3 is 2.16 bits per heavy atom. The standard InChI is InChI=1S/C26H26N4OS/c1-4-15-30-18(2)16-22(19(30)3)23(31)17-32-26-27-24(20-11-7-5-8-12-20)25(28-29-26)21-13-9-6-10-14-21/h5-14,16H,4,15,17H2,1-3H3. The quantitative estimate of drug-likeness (QED) is 0.247. The van der Waals surface area contributed by atoms with Gasteiger partial charge in [-0.05, 0) is 26.3 Å². The van der Waals surface area contributed by atoms with Gasteiger partial charge >= 0.3 is 0 Å². The van der Waals surface area contributed by atoms with Crippen molar-refractivity contribution in [1.29, 1.82) is 0 Å². The van der Waals surface area contributed by atoms with E-state index in [0.717, 1.165) is 52.4 Å². The van der Waals surface area contributed by atoms with Crippen molar-refractivity contribution in [2.75, 3.05) is 5.75 Å². The second-order valence-corrected chi connectivity index (χ2v) is 8.61. The third-order valence-electron chi connectivity index (χ3n) is 5.42. The van der Waals surface area contributed by atoms with Gasteiger partial charge in [0.05, 0.1) is 5.75 Å². The van der Waals surface area contributed by atoms with Gasteiger partial charge in [-0.3, -0.25) is 4.79 Å². The Balaban J connectivity index is 1.60. The maximum absolute atomic E-state index is 12.9. The normalized spacial score (nSPS) is 11.0. The molecule has 5 nitrogen and oxygen atoms in total. The van der Waals surface area contributed by atoms with Crippen molar-refractivity contribution in [3.05, 3.63) is 83.7 Å². The summed E-state index contributed by atoms with van der Waals surface area (Å²) in [5, 5.41) is 9.31. The van der Waals surface area contributed by atoms with E-state index in [9.17, 15) is 4.79 Å². The van der Waals surface area contributed by atoms with E-state index in [2.05, 4.69) is 21.7 Å². The molecule has 0 amide bonds. The molecule has 0 aliphatic rings. The molecule has 4 aromatic rings. The molecule has 4 rings (SSSR count). The lowest BCUT2D eigenvalue weighted by Gasteiger charge is -2.09. The molecule has 0 unspecified atom stereocenters. The SMILES string of the molecule is CCCn1c(C)cc(C(=O)CSc2nnc(-c3ccccc3)c(-c3ccccc3)n2)c1C. The summed E-state index contributed by atoms with van der Waals surface area (Å²) in [4.78, 5) is 17.7. The molecule has 162 valence electrons. The number of benzene rings is 2. The third-order valence-corrected chi connectivity index (χ3v) is 6.25. The summed E-state index contributed by atoms with van der Waals surface area (Å²) >= 11 is 1.33. The van der Waals surface area contributed by atoms with E-state index < -0.39 is 0 Å². The summed E-state index contributed by atoms with van der Waals surface area (Å²) < 4.78 is 2.21. The highest BCUT2D eigenvalue weighted by molar-refractivity contribution is 7.99. The van der Waals surface area contributed by atoms with Crippen molar-refractivity contribution >= 4 is 17.5 Å². The predicted molar refractivity (Wildman–Crippen MR) is 130 cm³/mol. The van der Waals surface area contributed by atoms with E-state index in [1.807, 2.05) is 80.6 Å². The molecule has 2 aromatic heterocycles. The number of carbonyl (C=O) groups excluding carboxylic acids is 1. The second-order valence-electron chi connectivity index (χ2n) is 7.67. The molecule has 0 atom stereocenters. The highest BCUT2D eigenvalue weighted by atomic mass is 32.2. The minimum absolute atomic E-state index is 0.0856. The van der Waals surface area contributed by atoms with Gasteiger partial charge in [0.2, 0.25) is 5.16 Å². The van der Waals surface area contributed by atoms with Crippen molar-refractivity contribution in [1.82, 2.24) is 19.7 Å². The first kappa shape index (κ1) is 22.0. The fourth-order valence-corrected chi connectivity index (χ4v) is 4.49. The van der Waals surface area contributed by atoms with Crippen LogP contribution in [0.2, 0.25) is 0 Å². The van der Waals surface area contributed by atoms with Gasteiger partial charge in [0.25, 0.3) is 0 Å². The van der Waals surface area contributed by atoms with Crippen molar-refractivity contribution in [2.45, 2.75) is 38.9 Å². The lowest BCUT2D eigenvalue weighted by atomic mass is 10.0. The van der Waals surface area contributed by atoms with Crippen molar-refractivity contribution < 1.29 is 4.79 Å². The van der Waals surface area contributed by atoms with Gasteiger partial charge in [0, 0.05) is 34.6 Å². The smallest absolute Gasteiger partial charge is 0.210 e. The van der Waals surface area contributed by atoms with Gasteiger partial charge in [-0.2, -0.15) is 0 Å². The van der Waals surface area contributed by atoms with E-state index in [4.69, 9.17) is 4.98 Å². The van der Waals surface area contributed by atoms with E-state index >= 15 is 0 Å². The molecule has 0 fully saturated rings. The summed E-state index contributed by atoms with van der Waals surface area (Å²) in [6.45, 7) is 7.13. The molecule has 0 bridgehead atoms. The largest absolute Gasteiger partial charge is 0.348 e. The summed E-state index contributed by atoms with van der Waals surface area (Å²) in [5.74, 6) is 0.360. The van der Waals surface area contributed by atoms with Crippen LogP contribution in [-0.4, -0.2) is 31.3 Å². The molecular weight excluding hydrogens is 416 g/mol. The van der Waals surface area contributed by atoms with Crippen molar-refractivity contribution in [3.63, 3.8) is 0 Å². The first-order valence-corrected chi connectivity index (χ1v) is 11.7. The summed E-state index contributed by atoms with van der Waals surface area (Å²) in [6, 6.07) is 21.9. The lowest BCUT2D eigenvalue weighted by molar-refractivity contribution is 0.102. The van der Waals surface area contributed by atoms with Crippen LogP contribution in [-0.2, 0) is 6.54 Å². The van der Waals surface area contributed by atoms with E-state index in [-0.39, 0.29) is 11.5 Å². The highest BCUT2D eigenvalue weighted by Gasteiger charge is 2.18.